The Morgan fingerprint density at radius 1 is 1.56 bits per heavy atom. The third kappa shape index (κ3) is 5.07. The van der Waals surface area contributed by atoms with E-state index in [0.717, 1.165) is 13.0 Å². The van der Waals surface area contributed by atoms with E-state index < -0.39 is 24.1 Å². The topological polar surface area (TPSA) is 53.9 Å². The Balaban J connectivity index is 2.49. The van der Waals surface area contributed by atoms with Crippen molar-refractivity contribution in [2.24, 2.45) is 4.99 Å². The lowest BCUT2D eigenvalue weighted by molar-refractivity contribution is -0.121. The average molecular weight is 282 g/mol. The Morgan fingerprint density at radius 3 is 2.83 bits per heavy atom. The van der Waals surface area contributed by atoms with Crippen molar-refractivity contribution in [1.29, 1.82) is 0 Å². The van der Waals surface area contributed by atoms with E-state index in [1.165, 1.54) is 11.8 Å². The zero-order valence-corrected chi connectivity index (χ0v) is 11.4. The van der Waals surface area contributed by atoms with Gasteiger partial charge in [0.25, 0.3) is 6.43 Å². The smallest absolute Gasteiger partial charge is 0.264 e. The number of aliphatic imine (C=N–C) groups is 1. The van der Waals surface area contributed by atoms with Crippen LogP contribution in [0, 0.1) is 0 Å². The minimum atomic E-state index is -2.56. The summed E-state index contributed by atoms with van der Waals surface area (Å²) in [6.45, 7) is 2.80. The van der Waals surface area contributed by atoms with E-state index in [-0.39, 0.29) is 6.42 Å². The molecule has 18 heavy (non-hydrogen) atoms. The molecule has 0 bridgehead atoms. The average Bonchev–Trinajstić information content (AvgIpc) is 2.33. The molecule has 0 aliphatic carbocycles. The largest absolute Gasteiger partial charge is 0.393 e. The van der Waals surface area contributed by atoms with Gasteiger partial charge >= 0.3 is 0 Å². The number of alkyl halides is 2. The molecule has 106 valence electrons. The predicted octanol–water partition coefficient (Wildman–Crippen LogP) is 1.84. The number of amidine groups is 1. The first kappa shape index (κ1) is 15.7. The van der Waals surface area contributed by atoms with Gasteiger partial charge < -0.3 is 15.2 Å². The van der Waals surface area contributed by atoms with E-state index in [0.29, 0.717) is 11.6 Å². The fraction of sp³-hybridized carbons (Fsp3) is 0.909. The van der Waals surface area contributed by atoms with Gasteiger partial charge in [0, 0.05) is 26.4 Å². The zero-order chi connectivity index (χ0) is 13.5. The molecule has 1 aliphatic rings. The SMILES string of the molecule is CCCNC(=NC)S[C@@H]1C[C@@H](O)C[C@@H](C(F)F)O1. The summed E-state index contributed by atoms with van der Waals surface area (Å²) >= 11 is 1.25. The summed E-state index contributed by atoms with van der Waals surface area (Å²) in [5, 5.41) is 13.3. The summed E-state index contributed by atoms with van der Waals surface area (Å²) in [5.41, 5.74) is -0.476. The molecule has 4 nitrogen and oxygen atoms in total. The standard InChI is InChI=1S/C11H20F2N2O2S/c1-3-4-15-11(14-2)18-9-6-7(16)5-8(17-9)10(12)13/h7-10,16H,3-6H2,1-2H3,(H,14,15)/t7-,8-,9+/m0/s1. The predicted molar refractivity (Wildman–Crippen MR) is 69.1 cm³/mol. The number of rotatable bonds is 4. The van der Waals surface area contributed by atoms with Crippen LogP contribution in [-0.2, 0) is 4.74 Å². The molecule has 2 N–H and O–H groups in total. The minimum absolute atomic E-state index is 0.00425. The van der Waals surface area contributed by atoms with Crippen LogP contribution in [-0.4, -0.2) is 47.9 Å². The van der Waals surface area contributed by atoms with E-state index in [1.807, 2.05) is 6.92 Å². The Hall–Kier alpha value is -0.400. The van der Waals surface area contributed by atoms with Crippen molar-refractivity contribution in [1.82, 2.24) is 5.32 Å². The molecule has 3 atom stereocenters. The third-order valence-corrected chi connectivity index (χ3v) is 3.67. The first-order valence-electron chi connectivity index (χ1n) is 6.05. The lowest BCUT2D eigenvalue weighted by Gasteiger charge is -2.32. The van der Waals surface area contributed by atoms with E-state index in [9.17, 15) is 13.9 Å². The van der Waals surface area contributed by atoms with Gasteiger partial charge in [-0.3, -0.25) is 4.99 Å². The van der Waals surface area contributed by atoms with Crippen LogP contribution in [0.25, 0.3) is 0 Å². The molecule has 0 aromatic heterocycles. The van der Waals surface area contributed by atoms with Crippen LogP contribution in [0.4, 0.5) is 8.78 Å². The van der Waals surface area contributed by atoms with Gasteiger partial charge in [-0.1, -0.05) is 18.7 Å². The first-order chi connectivity index (χ1) is 8.56. The van der Waals surface area contributed by atoms with Gasteiger partial charge in [-0.25, -0.2) is 8.78 Å². The zero-order valence-electron chi connectivity index (χ0n) is 10.6. The summed E-state index contributed by atoms with van der Waals surface area (Å²) in [6.07, 6.45) is -3.19. The molecular weight excluding hydrogens is 262 g/mol. The van der Waals surface area contributed by atoms with Crippen molar-refractivity contribution in [3.63, 3.8) is 0 Å². The van der Waals surface area contributed by atoms with Crippen LogP contribution in [0.1, 0.15) is 26.2 Å². The lowest BCUT2D eigenvalue weighted by Crippen LogP contribution is -2.39. The summed E-state index contributed by atoms with van der Waals surface area (Å²) < 4.78 is 30.5. The summed E-state index contributed by atoms with van der Waals surface area (Å²) in [4.78, 5) is 4.03. The van der Waals surface area contributed by atoms with Gasteiger partial charge in [0.05, 0.1) is 6.10 Å². The van der Waals surface area contributed by atoms with Gasteiger partial charge in [-0.05, 0) is 6.42 Å². The highest BCUT2D eigenvalue weighted by Crippen LogP contribution is 2.30. The van der Waals surface area contributed by atoms with Crippen molar-refractivity contribution in [2.75, 3.05) is 13.6 Å². The number of ether oxygens (including phenoxy) is 1. The summed E-state index contributed by atoms with van der Waals surface area (Å²) in [6, 6.07) is 0. The molecule has 1 aliphatic heterocycles. The molecule has 0 amide bonds. The van der Waals surface area contributed by atoms with Crippen molar-refractivity contribution in [3.8, 4) is 0 Å². The number of nitrogens with one attached hydrogen (secondary N) is 1. The van der Waals surface area contributed by atoms with Gasteiger partial charge in [-0.15, -0.1) is 0 Å². The molecule has 1 heterocycles. The normalized spacial score (nSPS) is 29.7. The first-order valence-corrected chi connectivity index (χ1v) is 6.93. The van der Waals surface area contributed by atoms with Gasteiger partial charge in [0.2, 0.25) is 0 Å². The molecule has 0 spiro atoms. The summed E-state index contributed by atoms with van der Waals surface area (Å²) in [5.74, 6) is 0. The van der Waals surface area contributed by atoms with Crippen molar-refractivity contribution in [3.05, 3.63) is 0 Å². The van der Waals surface area contributed by atoms with Crippen LogP contribution in [0.3, 0.4) is 0 Å². The van der Waals surface area contributed by atoms with Crippen LogP contribution in [0.15, 0.2) is 4.99 Å². The van der Waals surface area contributed by atoms with Gasteiger partial charge in [-0.2, -0.15) is 0 Å². The second-order valence-electron chi connectivity index (χ2n) is 4.14. The fourth-order valence-electron chi connectivity index (χ4n) is 1.66. The maximum atomic E-state index is 12.6. The van der Waals surface area contributed by atoms with Crippen LogP contribution < -0.4 is 5.32 Å². The Labute approximate surface area is 110 Å². The fourth-order valence-corrected chi connectivity index (χ4v) is 2.72. The second-order valence-corrected chi connectivity index (χ2v) is 5.29. The van der Waals surface area contributed by atoms with Crippen molar-refractivity contribution < 1.29 is 18.6 Å². The number of hydrogen-bond acceptors (Lipinski definition) is 4. The minimum Gasteiger partial charge on any atom is -0.393 e. The van der Waals surface area contributed by atoms with E-state index in [1.54, 1.807) is 7.05 Å². The van der Waals surface area contributed by atoms with Crippen LogP contribution >= 0.6 is 11.8 Å². The molecule has 1 saturated heterocycles. The molecule has 1 fully saturated rings. The van der Waals surface area contributed by atoms with Gasteiger partial charge in [0.15, 0.2) is 5.17 Å². The van der Waals surface area contributed by atoms with Gasteiger partial charge in [0.1, 0.15) is 11.5 Å². The quantitative estimate of drug-likeness (QED) is 0.610. The van der Waals surface area contributed by atoms with Crippen LogP contribution in [0.2, 0.25) is 0 Å². The van der Waals surface area contributed by atoms with E-state index >= 15 is 0 Å². The number of thioether (sulfide) groups is 1. The molecule has 0 aromatic rings. The maximum Gasteiger partial charge on any atom is 0.264 e. The number of aliphatic hydroxyl groups excluding tert-OH is 1. The Morgan fingerprint density at radius 2 is 2.28 bits per heavy atom. The van der Waals surface area contributed by atoms with E-state index in [2.05, 4.69) is 10.3 Å². The highest BCUT2D eigenvalue weighted by atomic mass is 32.2. The maximum absolute atomic E-state index is 12.6. The Kier molecular flexibility index (Phi) is 6.88. The molecule has 0 unspecified atom stereocenters. The Bertz CT molecular complexity index is 280. The molecule has 7 heteroatoms. The van der Waals surface area contributed by atoms with Crippen molar-refractivity contribution >= 4 is 16.9 Å². The molecule has 0 saturated carbocycles. The monoisotopic (exact) mass is 282 g/mol. The number of halogens is 2. The molecular formula is C11H20F2N2O2S. The molecule has 0 aromatic carbocycles. The summed E-state index contributed by atoms with van der Waals surface area (Å²) in [7, 11) is 1.63. The number of nitrogens with zero attached hydrogens (tertiary/aromatic N) is 1. The molecule has 1 rings (SSSR count). The lowest BCUT2D eigenvalue weighted by atomic mass is 10.1. The number of hydrogen-bond donors (Lipinski definition) is 2. The highest BCUT2D eigenvalue weighted by molar-refractivity contribution is 8.14. The van der Waals surface area contributed by atoms with Crippen molar-refractivity contribution in [2.45, 2.75) is 50.3 Å². The van der Waals surface area contributed by atoms with E-state index in [4.69, 9.17) is 4.74 Å². The molecule has 0 radical (unpaired) electrons. The van der Waals surface area contributed by atoms with Crippen LogP contribution in [0.5, 0.6) is 0 Å². The highest BCUT2D eigenvalue weighted by Gasteiger charge is 2.34. The number of aliphatic hydroxyl groups is 1. The second kappa shape index (κ2) is 7.91. The third-order valence-electron chi connectivity index (χ3n) is 2.55.